The lowest BCUT2D eigenvalue weighted by atomic mass is 9.96. The van der Waals surface area contributed by atoms with Crippen LogP contribution >= 0.6 is 22.9 Å². The number of carbonyl (C=O) groups excluding carboxylic acids is 2. The Bertz CT molecular complexity index is 1260. The first-order chi connectivity index (χ1) is 18.3. The number of hydrogen-bond acceptors (Lipinski definition) is 6. The van der Waals surface area contributed by atoms with Gasteiger partial charge in [-0.2, -0.15) is 0 Å². The lowest BCUT2D eigenvalue weighted by Gasteiger charge is -2.31. The minimum Gasteiger partial charge on any atom is -0.485 e. The number of rotatable bonds is 10. The minimum absolute atomic E-state index is 0.00635. The number of likely N-dealkylation sites (tertiary alicyclic amines) is 1. The van der Waals surface area contributed by atoms with Crippen LogP contribution in [0.1, 0.15) is 61.1 Å². The molecule has 0 aliphatic carbocycles. The van der Waals surface area contributed by atoms with Crippen LogP contribution in [0.5, 0.6) is 5.75 Å². The van der Waals surface area contributed by atoms with Gasteiger partial charge in [-0.05, 0) is 57.2 Å². The van der Waals surface area contributed by atoms with Gasteiger partial charge in [0.1, 0.15) is 17.4 Å². The Hall–Kier alpha value is -2.84. The van der Waals surface area contributed by atoms with Crippen molar-refractivity contribution in [1.29, 1.82) is 0 Å². The maximum absolute atomic E-state index is 13.6. The van der Waals surface area contributed by atoms with Crippen LogP contribution in [0.4, 0.5) is 0 Å². The third-order valence-corrected chi connectivity index (χ3v) is 8.07. The van der Waals surface area contributed by atoms with E-state index >= 15 is 0 Å². The van der Waals surface area contributed by atoms with Crippen LogP contribution in [-0.4, -0.2) is 46.0 Å². The number of para-hydroxylation sites is 1. The van der Waals surface area contributed by atoms with Crippen LogP contribution in [0.3, 0.4) is 0 Å². The summed E-state index contributed by atoms with van der Waals surface area (Å²) in [5, 5.41) is 3.42. The Labute approximate surface area is 233 Å². The first-order valence-corrected chi connectivity index (χ1v) is 14.5. The van der Waals surface area contributed by atoms with Gasteiger partial charge < -0.3 is 18.9 Å². The molecule has 38 heavy (non-hydrogen) atoms. The average Bonchev–Trinajstić information content (AvgIpc) is 3.51. The summed E-state index contributed by atoms with van der Waals surface area (Å²) in [6.07, 6.45) is 2.25. The van der Waals surface area contributed by atoms with Gasteiger partial charge in [0.05, 0.1) is 34.5 Å². The molecule has 0 unspecified atom stereocenters. The number of nitrogens with zero attached hydrogens (tertiary/aromatic N) is 3. The van der Waals surface area contributed by atoms with Crippen LogP contribution in [0.25, 0.3) is 11.4 Å². The lowest BCUT2D eigenvalue weighted by molar-refractivity contribution is -0.149. The van der Waals surface area contributed by atoms with E-state index in [4.69, 9.17) is 26.1 Å². The van der Waals surface area contributed by atoms with E-state index in [-0.39, 0.29) is 17.8 Å². The number of carbonyl (C=O) groups is 2. The minimum atomic E-state index is -0.157. The van der Waals surface area contributed by atoms with Gasteiger partial charge in [0.15, 0.2) is 0 Å². The van der Waals surface area contributed by atoms with E-state index in [0.29, 0.717) is 61.4 Å². The fourth-order valence-electron chi connectivity index (χ4n) is 4.69. The van der Waals surface area contributed by atoms with Crippen molar-refractivity contribution in [3.8, 4) is 17.1 Å². The van der Waals surface area contributed by atoms with Crippen molar-refractivity contribution in [3.05, 3.63) is 57.0 Å². The number of hydrogen-bond donors (Lipinski definition) is 0. The van der Waals surface area contributed by atoms with Crippen molar-refractivity contribution in [2.24, 2.45) is 11.8 Å². The molecule has 0 saturated carbocycles. The van der Waals surface area contributed by atoms with Gasteiger partial charge in [0.2, 0.25) is 0 Å². The van der Waals surface area contributed by atoms with Crippen molar-refractivity contribution >= 4 is 34.8 Å². The zero-order chi connectivity index (χ0) is 27.2. The molecule has 9 heteroatoms. The topological polar surface area (TPSA) is 73.7 Å². The number of amides is 1. The monoisotopic (exact) mass is 557 g/mol. The van der Waals surface area contributed by atoms with E-state index in [1.54, 1.807) is 6.07 Å². The molecule has 0 spiro atoms. The summed E-state index contributed by atoms with van der Waals surface area (Å²) in [6, 6.07) is 9.36. The van der Waals surface area contributed by atoms with Crippen LogP contribution in [0.15, 0.2) is 35.7 Å². The third-order valence-electron chi connectivity index (χ3n) is 6.93. The maximum Gasteiger partial charge on any atom is 0.309 e. The molecule has 4 rings (SSSR count). The largest absolute Gasteiger partial charge is 0.485 e. The van der Waals surface area contributed by atoms with Gasteiger partial charge in [-0.1, -0.05) is 37.6 Å². The summed E-state index contributed by atoms with van der Waals surface area (Å²) >= 11 is 7.75. The highest BCUT2D eigenvalue weighted by molar-refractivity contribution is 7.09. The Kier molecular flexibility index (Phi) is 9.49. The standard InChI is InChI=1S/C29H36ClN3O4S/c1-5-36-29(35)21-11-13-32(14-12-21)28(34)22-16-25(33(20(22)4)15-10-19(2)3)24-18-38-27(31-24)17-37-26-9-7-6-8-23(26)30/h6-9,16,18-19,21H,5,10-15,17H2,1-4H3. The number of thiazole rings is 1. The number of ether oxygens (including phenoxy) is 2. The highest BCUT2D eigenvalue weighted by Crippen LogP contribution is 2.31. The van der Waals surface area contributed by atoms with Crippen molar-refractivity contribution < 1.29 is 19.1 Å². The number of aromatic nitrogens is 2. The predicted molar refractivity (Wildman–Crippen MR) is 151 cm³/mol. The maximum atomic E-state index is 13.6. The third kappa shape index (κ3) is 6.59. The highest BCUT2D eigenvalue weighted by atomic mass is 35.5. The predicted octanol–water partition coefficient (Wildman–Crippen LogP) is 6.61. The molecule has 0 N–H and O–H groups in total. The molecular weight excluding hydrogens is 522 g/mol. The number of esters is 1. The number of halogens is 1. The Balaban J connectivity index is 1.53. The molecule has 204 valence electrons. The molecule has 1 aromatic carbocycles. The van der Waals surface area contributed by atoms with Gasteiger partial charge in [-0.15, -0.1) is 11.3 Å². The summed E-state index contributed by atoms with van der Waals surface area (Å²) in [6.45, 7) is 10.8. The summed E-state index contributed by atoms with van der Waals surface area (Å²) in [5.74, 6) is 0.873. The molecule has 1 amide bonds. The Morgan fingerprint density at radius 2 is 1.95 bits per heavy atom. The van der Waals surface area contributed by atoms with Crippen molar-refractivity contribution in [1.82, 2.24) is 14.5 Å². The van der Waals surface area contributed by atoms with Gasteiger partial charge in [0.25, 0.3) is 5.91 Å². The average molecular weight is 558 g/mol. The Morgan fingerprint density at radius 1 is 1.21 bits per heavy atom. The first-order valence-electron chi connectivity index (χ1n) is 13.3. The van der Waals surface area contributed by atoms with Crippen LogP contribution in [0, 0.1) is 18.8 Å². The molecule has 1 aliphatic heterocycles. The van der Waals surface area contributed by atoms with Crippen molar-refractivity contribution in [2.45, 2.75) is 60.1 Å². The van der Waals surface area contributed by atoms with Crippen LogP contribution in [0.2, 0.25) is 5.02 Å². The SMILES string of the molecule is CCOC(=O)C1CCN(C(=O)c2cc(-c3csc(COc4ccccc4Cl)n3)n(CCC(C)C)c2C)CC1. The lowest BCUT2D eigenvalue weighted by Crippen LogP contribution is -2.40. The second-order valence-electron chi connectivity index (χ2n) is 10.0. The van der Waals surface area contributed by atoms with Gasteiger partial charge in [-0.25, -0.2) is 4.98 Å². The smallest absolute Gasteiger partial charge is 0.309 e. The van der Waals surface area contributed by atoms with E-state index in [1.807, 2.05) is 48.4 Å². The highest BCUT2D eigenvalue weighted by Gasteiger charge is 2.30. The fraction of sp³-hybridized carbons (Fsp3) is 0.483. The molecule has 1 aliphatic rings. The molecule has 2 aromatic heterocycles. The summed E-state index contributed by atoms with van der Waals surface area (Å²) < 4.78 is 13.3. The molecule has 7 nitrogen and oxygen atoms in total. The second kappa shape index (κ2) is 12.8. The van der Waals surface area contributed by atoms with E-state index < -0.39 is 0 Å². The Morgan fingerprint density at radius 3 is 2.63 bits per heavy atom. The first kappa shape index (κ1) is 28.2. The molecular formula is C29H36ClN3O4S. The normalized spacial score (nSPS) is 14.2. The molecule has 1 fully saturated rings. The van der Waals surface area contributed by atoms with Crippen molar-refractivity contribution in [2.75, 3.05) is 19.7 Å². The van der Waals surface area contributed by atoms with Gasteiger partial charge >= 0.3 is 5.97 Å². The molecule has 0 atom stereocenters. The van der Waals surface area contributed by atoms with E-state index in [2.05, 4.69) is 18.4 Å². The number of piperidine rings is 1. The zero-order valence-corrected chi connectivity index (χ0v) is 24.1. The molecule has 0 radical (unpaired) electrons. The van der Waals surface area contributed by atoms with E-state index in [9.17, 15) is 9.59 Å². The molecule has 0 bridgehead atoms. The van der Waals surface area contributed by atoms with E-state index in [0.717, 1.165) is 35.1 Å². The molecule has 3 aromatic rings. The summed E-state index contributed by atoms with van der Waals surface area (Å²) in [7, 11) is 0. The molecule has 3 heterocycles. The summed E-state index contributed by atoms with van der Waals surface area (Å²) in [4.78, 5) is 32.4. The van der Waals surface area contributed by atoms with Crippen LogP contribution in [-0.2, 0) is 22.7 Å². The van der Waals surface area contributed by atoms with Gasteiger partial charge in [0, 0.05) is 30.7 Å². The van der Waals surface area contributed by atoms with E-state index in [1.165, 1.54) is 11.3 Å². The molecule has 1 saturated heterocycles. The van der Waals surface area contributed by atoms with Crippen LogP contribution < -0.4 is 4.74 Å². The zero-order valence-electron chi connectivity index (χ0n) is 22.5. The number of benzene rings is 1. The van der Waals surface area contributed by atoms with Crippen molar-refractivity contribution in [3.63, 3.8) is 0 Å². The summed E-state index contributed by atoms with van der Waals surface area (Å²) in [5.41, 5.74) is 3.41. The second-order valence-corrected chi connectivity index (χ2v) is 11.4. The quantitative estimate of drug-likeness (QED) is 0.262. The van der Waals surface area contributed by atoms with Gasteiger partial charge in [-0.3, -0.25) is 9.59 Å². The fourth-order valence-corrected chi connectivity index (χ4v) is 5.58.